The Morgan fingerprint density at radius 1 is 1.15 bits per heavy atom. The van der Waals surface area contributed by atoms with Crippen LogP contribution in [0.1, 0.15) is 38.7 Å². The third kappa shape index (κ3) is 6.03. The summed E-state index contributed by atoms with van der Waals surface area (Å²) in [5, 5.41) is 8.76. The molecule has 0 bridgehead atoms. The number of rotatable bonds is 9. The molecule has 114 valence electrons. The Balaban J connectivity index is 2.54. The summed E-state index contributed by atoms with van der Waals surface area (Å²) < 4.78 is 26.7. The van der Waals surface area contributed by atoms with Crippen LogP contribution in [0.5, 0.6) is 0 Å². The highest BCUT2D eigenvalue weighted by Gasteiger charge is 2.12. The largest absolute Gasteiger partial charge is 0.396 e. The van der Waals surface area contributed by atoms with Crippen LogP contribution in [-0.4, -0.2) is 26.7 Å². The molecule has 1 rings (SSSR count). The van der Waals surface area contributed by atoms with E-state index >= 15 is 0 Å². The Bertz CT molecular complexity index is 480. The Morgan fingerprint density at radius 2 is 1.80 bits per heavy atom. The number of aliphatic hydroxyl groups is 1. The van der Waals surface area contributed by atoms with Crippen molar-refractivity contribution in [3.63, 3.8) is 0 Å². The molecular formula is C15H25NO3S. The molecule has 20 heavy (non-hydrogen) atoms. The van der Waals surface area contributed by atoms with Gasteiger partial charge in [-0.1, -0.05) is 26.0 Å². The summed E-state index contributed by atoms with van der Waals surface area (Å²) >= 11 is 0. The number of aryl methyl sites for hydroxylation is 1. The van der Waals surface area contributed by atoms with Gasteiger partial charge >= 0.3 is 0 Å². The fraction of sp³-hybridized carbons (Fsp3) is 0.600. The molecule has 0 saturated carbocycles. The van der Waals surface area contributed by atoms with Crippen molar-refractivity contribution in [2.24, 2.45) is 5.92 Å². The molecule has 5 heteroatoms. The van der Waals surface area contributed by atoms with E-state index in [-0.39, 0.29) is 6.61 Å². The summed E-state index contributed by atoms with van der Waals surface area (Å²) in [7, 11) is -3.39. The lowest BCUT2D eigenvalue weighted by atomic mass is 10.1. The Morgan fingerprint density at radius 3 is 2.35 bits per heavy atom. The minimum absolute atomic E-state index is 0.150. The Kier molecular flexibility index (Phi) is 7.19. The van der Waals surface area contributed by atoms with E-state index < -0.39 is 10.0 Å². The van der Waals surface area contributed by atoms with Crippen molar-refractivity contribution in [3.05, 3.63) is 29.8 Å². The second-order valence-electron chi connectivity index (χ2n) is 5.40. The van der Waals surface area contributed by atoms with Crippen molar-refractivity contribution < 1.29 is 13.5 Å². The molecule has 1 aromatic carbocycles. The lowest BCUT2D eigenvalue weighted by Crippen LogP contribution is -2.25. The van der Waals surface area contributed by atoms with E-state index in [1.807, 2.05) is 0 Å². The van der Waals surface area contributed by atoms with Crippen molar-refractivity contribution in [3.8, 4) is 0 Å². The van der Waals surface area contributed by atoms with E-state index in [9.17, 15) is 8.42 Å². The average Bonchev–Trinajstić information content (AvgIpc) is 2.42. The van der Waals surface area contributed by atoms with Crippen LogP contribution in [0.4, 0.5) is 0 Å². The first-order valence-electron chi connectivity index (χ1n) is 7.15. The highest BCUT2D eigenvalue weighted by atomic mass is 32.2. The van der Waals surface area contributed by atoms with Gasteiger partial charge in [0.1, 0.15) is 0 Å². The van der Waals surface area contributed by atoms with Crippen molar-refractivity contribution in [1.82, 2.24) is 4.72 Å². The highest BCUT2D eigenvalue weighted by molar-refractivity contribution is 7.89. The summed E-state index contributed by atoms with van der Waals surface area (Å²) in [6, 6.07) is 6.85. The van der Waals surface area contributed by atoms with Crippen LogP contribution in [0.25, 0.3) is 0 Å². The van der Waals surface area contributed by atoms with Gasteiger partial charge in [0.2, 0.25) is 10.0 Å². The minimum Gasteiger partial charge on any atom is -0.396 e. The summed E-state index contributed by atoms with van der Waals surface area (Å²) in [6.07, 6.45) is 3.33. The quantitative estimate of drug-likeness (QED) is 0.688. The number of hydrogen-bond donors (Lipinski definition) is 2. The molecule has 0 radical (unpaired) electrons. The van der Waals surface area contributed by atoms with Crippen LogP contribution in [0, 0.1) is 5.92 Å². The number of sulfonamides is 1. The van der Waals surface area contributed by atoms with Gasteiger partial charge in [-0.3, -0.25) is 0 Å². The SMILES string of the molecule is CC(C)CCCNS(=O)(=O)c1ccc(CCCO)cc1. The van der Waals surface area contributed by atoms with Crippen LogP contribution in [0.15, 0.2) is 29.2 Å². The maximum atomic E-state index is 12.1. The second kappa shape index (κ2) is 8.39. The second-order valence-corrected chi connectivity index (χ2v) is 7.17. The number of aliphatic hydroxyl groups excluding tert-OH is 1. The molecule has 0 amide bonds. The maximum absolute atomic E-state index is 12.1. The van der Waals surface area contributed by atoms with E-state index in [1.165, 1.54) is 0 Å². The van der Waals surface area contributed by atoms with E-state index in [2.05, 4.69) is 18.6 Å². The van der Waals surface area contributed by atoms with Gasteiger partial charge < -0.3 is 5.11 Å². The molecule has 4 nitrogen and oxygen atoms in total. The molecule has 0 aromatic heterocycles. The van der Waals surface area contributed by atoms with Gasteiger partial charge in [-0.15, -0.1) is 0 Å². The molecule has 0 aliphatic heterocycles. The number of hydrogen-bond acceptors (Lipinski definition) is 3. The monoisotopic (exact) mass is 299 g/mol. The first kappa shape index (κ1) is 17.1. The topological polar surface area (TPSA) is 66.4 Å². The van der Waals surface area contributed by atoms with Crippen LogP contribution in [0.3, 0.4) is 0 Å². The fourth-order valence-electron chi connectivity index (χ4n) is 1.92. The summed E-state index contributed by atoms with van der Waals surface area (Å²) in [5.41, 5.74) is 1.04. The van der Waals surface area contributed by atoms with Gasteiger partial charge in [0.05, 0.1) is 4.90 Å². The van der Waals surface area contributed by atoms with Gasteiger partial charge in [0.25, 0.3) is 0 Å². The van der Waals surface area contributed by atoms with Gasteiger partial charge in [0.15, 0.2) is 0 Å². The van der Waals surface area contributed by atoms with Gasteiger partial charge in [-0.25, -0.2) is 13.1 Å². The third-order valence-electron chi connectivity index (χ3n) is 3.11. The Hall–Kier alpha value is -0.910. The third-order valence-corrected chi connectivity index (χ3v) is 4.58. The van der Waals surface area contributed by atoms with Crippen LogP contribution in [-0.2, 0) is 16.4 Å². The molecule has 1 aromatic rings. The lowest BCUT2D eigenvalue weighted by Gasteiger charge is -2.08. The van der Waals surface area contributed by atoms with E-state index in [1.54, 1.807) is 24.3 Å². The molecule has 0 spiro atoms. The predicted molar refractivity (Wildman–Crippen MR) is 81.1 cm³/mol. The maximum Gasteiger partial charge on any atom is 0.240 e. The summed E-state index contributed by atoms with van der Waals surface area (Å²) in [5.74, 6) is 0.588. The molecule has 0 aliphatic rings. The van der Waals surface area contributed by atoms with Crippen molar-refractivity contribution in [1.29, 1.82) is 0 Å². The summed E-state index contributed by atoms with van der Waals surface area (Å²) in [4.78, 5) is 0.301. The zero-order valence-corrected chi connectivity index (χ0v) is 13.1. The van der Waals surface area contributed by atoms with Crippen molar-refractivity contribution in [2.75, 3.05) is 13.2 Å². The lowest BCUT2D eigenvalue weighted by molar-refractivity contribution is 0.288. The average molecular weight is 299 g/mol. The van der Waals surface area contributed by atoms with E-state index in [4.69, 9.17) is 5.11 Å². The van der Waals surface area contributed by atoms with Crippen LogP contribution in [0.2, 0.25) is 0 Å². The molecule has 0 unspecified atom stereocenters. The Labute approximate surface area is 122 Å². The smallest absolute Gasteiger partial charge is 0.240 e. The highest BCUT2D eigenvalue weighted by Crippen LogP contribution is 2.12. The van der Waals surface area contributed by atoms with Crippen molar-refractivity contribution in [2.45, 2.75) is 44.4 Å². The normalized spacial score (nSPS) is 12.0. The van der Waals surface area contributed by atoms with Gasteiger partial charge in [0, 0.05) is 13.2 Å². The summed E-state index contributed by atoms with van der Waals surface area (Å²) in [6.45, 7) is 4.88. The zero-order chi connectivity index (χ0) is 15.0. The standard InChI is InChI=1S/C15H25NO3S/c1-13(2)5-3-11-16-20(18,19)15-9-7-14(8-10-15)6-4-12-17/h7-10,13,16-17H,3-6,11-12H2,1-2H3. The molecule has 0 aliphatic carbocycles. The molecule has 0 fully saturated rings. The first-order chi connectivity index (χ1) is 9.45. The molecule has 0 saturated heterocycles. The van der Waals surface area contributed by atoms with Gasteiger partial charge in [-0.05, 0) is 49.3 Å². The predicted octanol–water partition coefficient (Wildman–Crippen LogP) is 2.33. The molecule has 0 atom stereocenters. The fourth-order valence-corrected chi connectivity index (χ4v) is 2.99. The molecule has 0 heterocycles. The molecular weight excluding hydrogens is 274 g/mol. The molecule has 2 N–H and O–H groups in total. The van der Waals surface area contributed by atoms with Gasteiger partial charge in [-0.2, -0.15) is 0 Å². The number of nitrogens with one attached hydrogen (secondary N) is 1. The minimum atomic E-state index is -3.39. The van der Waals surface area contributed by atoms with Crippen LogP contribution < -0.4 is 4.72 Å². The van der Waals surface area contributed by atoms with Crippen molar-refractivity contribution >= 4 is 10.0 Å². The van der Waals surface area contributed by atoms with Crippen LogP contribution >= 0.6 is 0 Å². The van der Waals surface area contributed by atoms with E-state index in [0.717, 1.165) is 24.8 Å². The first-order valence-corrected chi connectivity index (χ1v) is 8.63. The van der Waals surface area contributed by atoms with E-state index in [0.29, 0.717) is 23.8 Å². The number of benzene rings is 1. The zero-order valence-electron chi connectivity index (χ0n) is 12.3.